The first-order valence-corrected chi connectivity index (χ1v) is 6.86. The van der Waals surface area contributed by atoms with Crippen LogP contribution in [-0.2, 0) is 6.42 Å². The smallest absolute Gasteiger partial charge is 0.255 e. The van der Waals surface area contributed by atoms with Gasteiger partial charge in [-0.05, 0) is 55.3 Å². The third-order valence-corrected chi connectivity index (χ3v) is 3.05. The lowest BCUT2D eigenvalue weighted by Crippen LogP contribution is -2.11. The average Bonchev–Trinajstić information content (AvgIpc) is 2.49. The molecule has 104 valence electrons. The molecule has 0 saturated carbocycles. The summed E-state index contributed by atoms with van der Waals surface area (Å²) in [6.07, 6.45) is 0.973. The highest BCUT2D eigenvalue weighted by Crippen LogP contribution is 2.16. The van der Waals surface area contributed by atoms with Gasteiger partial charge in [0.2, 0.25) is 0 Å². The second-order valence-electron chi connectivity index (χ2n) is 4.46. The summed E-state index contributed by atoms with van der Waals surface area (Å²) in [5.41, 5.74) is 2.65. The van der Waals surface area contributed by atoms with Crippen molar-refractivity contribution in [3.63, 3.8) is 0 Å². The number of aryl methyl sites for hydroxylation is 1. The van der Waals surface area contributed by atoms with Crippen LogP contribution in [0.5, 0.6) is 5.75 Å². The molecule has 1 amide bonds. The maximum absolute atomic E-state index is 12.1. The molecule has 3 heteroatoms. The molecule has 0 aliphatic carbocycles. The lowest BCUT2D eigenvalue weighted by Gasteiger charge is -2.07. The number of hydrogen-bond donors (Lipinski definition) is 1. The van der Waals surface area contributed by atoms with Crippen LogP contribution in [0.3, 0.4) is 0 Å². The summed E-state index contributed by atoms with van der Waals surface area (Å²) < 4.78 is 5.36. The minimum Gasteiger partial charge on any atom is -0.494 e. The lowest BCUT2D eigenvalue weighted by molar-refractivity contribution is 0.102. The topological polar surface area (TPSA) is 38.3 Å². The monoisotopic (exact) mass is 269 g/mol. The fourth-order valence-electron chi connectivity index (χ4n) is 1.90. The van der Waals surface area contributed by atoms with E-state index in [-0.39, 0.29) is 5.91 Å². The summed E-state index contributed by atoms with van der Waals surface area (Å²) in [4.78, 5) is 12.1. The van der Waals surface area contributed by atoms with Crippen molar-refractivity contribution >= 4 is 11.6 Å². The Morgan fingerprint density at radius 3 is 2.20 bits per heavy atom. The summed E-state index contributed by atoms with van der Waals surface area (Å²) in [7, 11) is 0. The Balaban J connectivity index is 2.02. The maximum Gasteiger partial charge on any atom is 0.255 e. The fraction of sp³-hybridized carbons (Fsp3) is 0.235. The minimum absolute atomic E-state index is 0.100. The van der Waals surface area contributed by atoms with Crippen LogP contribution in [0.2, 0.25) is 0 Å². The Labute approximate surface area is 119 Å². The largest absolute Gasteiger partial charge is 0.494 e. The van der Waals surface area contributed by atoms with Crippen LogP contribution >= 0.6 is 0 Å². The lowest BCUT2D eigenvalue weighted by atomic mass is 10.1. The van der Waals surface area contributed by atoms with Gasteiger partial charge in [0.15, 0.2) is 0 Å². The van der Waals surface area contributed by atoms with Crippen LogP contribution in [0.1, 0.15) is 29.8 Å². The number of benzene rings is 2. The molecule has 20 heavy (non-hydrogen) atoms. The van der Waals surface area contributed by atoms with E-state index in [0.29, 0.717) is 12.2 Å². The van der Waals surface area contributed by atoms with E-state index in [1.54, 1.807) is 0 Å². The summed E-state index contributed by atoms with van der Waals surface area (Å²) in [6, 6.07) is 15.0. The highest BCUT2D eigenvalue weighted by molar-refractivity contribution is 6.04. The van der Waals surface area contributed by atoms with Gasteiger partial charge in [0.05, 0.1) is 6.61 Å². The van der Waals surface area contributed by atoms with Crippen molar-refractivity contribution in [2.24, 2.45) is 0 Å². The first-order chi connectivity index (χ1) is 9.72. The number of ether oxygens (including phenoxy) is 1. The quantitative estimate of drug-likeness (QED) is 0.894. The molecule has 0 fully saturated rings. The average molecular weight is 269 g/mol. The minimum atomic E-state index is -0.100. The van der Waals surface area contributed by atoms with Crippen LogP contribution in [0, 0.1) is 0 Å². The maximum atomic E-state index is 12.1. The van der Waals surface area contributed by atoms with Crippen molar-refractivity contribution in [1.82, 2.24) is 0 Å². The molecule has 0 atom stereocenters. The molecule has 0 spiro atoms. The summed E-state index contributed by atoms with van der Waals surface area (Å²) in [5, 5.41) is 2.87. The van der Waals surface area contributed by atoms with Gasteiger partial charge in [-0.15, -0.1) is 0 Å². The van der Waals surface area contributed by atoms with Crippen LogP contribution < -0.4 is 10.1 Å². The third-order valence-electron chi connectivity index (χ3n) is 3.05. The molecular weight excluding hydrogens is 250 g/mol. The molecule has 0 aliphatic heterocycles. The predicted molar refractivity (Wildman–Crippen MR) is 81.4 cm³/mol. The van der Waals surface area contributed by atoms with E-state index in [0.717, 1.165) is 17.9 Å². The van der Waals surface area contributed by atoms with E-state index in [1.165, 1.54) is 5.56 Å². The molecule has 0 aromatic heterocycles. The van der Waals surface area contributed by atoms with E-state index in [9.17, 15) is 4.79 Å². The predicted octanol–water partition coefficient (Wildman–Crippen LogP) is 3.90. The van der Waals surface area contributed by atoms with Gasteiger partial charge in [-0.2, -0.15) is 0 Å². The van der Waals surface area contributed by atoms with Crippen LogP contribution in [0.15, 0.2) is 48.5 Å². The zero-order valence-electron chi connectivity index (χ0n) is 11.8. The Kier molecular flexibility index (Phi) is 4.77. The number of nitrogens with one attached hydrogen (secondary N) is 1. The molecule has 0 heterocycles. The number of amides is 1. The summed E-state index contributed by atoms with van der Waals surface area (Å²) >= 11 is 0. The highest BCUT2D eigenvalue weighted by atomic mass is 16.5. The van der Waals surface area contributed by atoms with Crippen molar-refractivity contribution in [3.05, 3.63) is 59.7 Å². The van der Waals surface area contributed by atoms with Gasteiger partial charge in [0.1, 0.15) is 5.75 Å². The number of carbonyl (C=O) groups is 1. The van der Waals surface area contributed by atoms with Gasteiger partial charge in [-0.3, -0.25) is 4.79 Å². The molecule has 2 aromatic rings. The fourth-order valence-corrected chi connectivity index (χ4v) is 1.90. The van der Waals surface area contributed by atoms with Crippen molar-refractivity contribution in [2.45, 2.75) is 20.3 Å². The van der Waals surface area contributed by atoms with E-state index in [2.05, 4.69) is 12.2 Å². The normalized spacial score (nSPS) is 10.1. The van der Waals surface area contributed by atoms with Crippen molar-refractivity contribution in [3.8, 4) is 5.75 Å². The second-order valence-corrected chi connectivity index (χ2v) is 4.46. The van der Waals surface area contributed by atoms with Gasteiger partial charge < -0.3 is 10.1 Å². The third kappa shape index (κ3) is 3.60. The molecule has 0 aliphatic rings. The van der Waals surface area contributed by atoms with Crippen LogP contribution in [0.4, 0.5) is 5.69 Å². The van der Waals surface area contributed by atoms with Gasteiger partial charge in [-0.25, -0.2) is 0 Å². The molecule has 1 N–H and O–H groups in total. The van der Waals surface area contributed by atoms with E-state index in [4.69, 9.17) is 4.74 Å². The highest BCUT2D eigenvalue weighted by Gasteiger charge is 2.05. The Morgan fingerprint density at radius 1 is 1.00 bits per heavy atom. The number of hydrogen-bond acceptors (Lipinski definition) is 2. The Bertz CT molecular complexity index is 559. The van der Waals surface area contributed by atoms with E-state index in [1.807, 2.05) is 55.5 Å². The molecule has 0 unspecified atom stereocenters. The van der Waals surface area contributed by atoms with Gasteiger partial charge in [-0.1, -0.05) is 19.1 Å². The zero-order valence-corrected chi connectivity index (χ0v) is 11.8. The molecule has 0 saturated heterocycles. The number of carbonyl (C=O) groups excluding carboxylic acids is 1. The zero-order chi connectivity index (χ0) is 14.4. The number of rotatable bonds is 5. The molecule has 0 radical (unpaired) electrons. The van der Waals surface area contributed by atoms with E-state index < -0.39 is 0 Å². The first kappa shape index (κ1) is 14.1. The molecule has 2 aromatic carbocycles. The number of anilines is 1. The molecular formula is C17H19NO2. The van der Waals surface area contributed by atoms with Gasteiger partial charge in [0.25, 0.3) is 5.91 Å². The SMILES string of the molecule is CCOc1ccc(NC(=O)c2ccc(CC)cc2)cc1. The van der Waals surface area contributed by atoms with Crippen LogP contribution in [0.25, 0.3) is 0 Å². The summed E-state index contributed by atoms with van der Waals surface area (Å²) in [6.45, 7) is 4.67. The van der Waals surface area contributed by atoms with Gasteiger partial charge >= 0.3 is 0 Å². The molecule has 3 nitrogen and oxygen atoms in total. The molecule has 2 rings (SSSR count). The van der Waals surface area contributed by atoms with E-state index >= 15 is 0 Å². The van der Waals surface area contributed by atoms with Crippen molar-refractivity contribution in [2.75, 3.05) is 11.9 Å². The second kappa shape index (κ2) is 6.75. The Morgan fingerprint density at radius 2 is 1.65 bits per heavy atom. The Hall–Kier alpha value is -2.29. The summed E-state index contributed by atoms with van der Waals surface area (Å²) in [5.74, 6) is 0.703. The van der Waals surface area contributed by atoms with Crippen LogP contribution in [-0.4, -0.2) is 12.5 Å². The van der Waals surface area contributed by atoms with Crippen molar-refractivity contribution in [1.29, 1.82) is 0 Å². The first-order valence-electron chi connectivity index (χ1n) is 6.86. The van der Waals surface area contributed by atoms with Gasteiger partial charge in [0, 0.05) is 11.3 Å². The molecule has 0 bridgehead atoms. The standard InChI is InChI=1S/C17H19NO2/c1-3-13-5-7-14(8-6-13)17(19)18-15-9-11-16(12-10-15)20-4-2/h5-12H,3-4H2,1-2H3,(H,18,19). The van der Waals surface area contributed by atoms with Crippen molar-refractivity contribution < 1.29 is 9.53 Å².